The third-order valence-electron chi connectivity index (χ3n) is 3.47. The molecule has 2 aromatic rings. The van der Waals surface area contributed by atoms with E-state index in [2.05, 4.69) is 11.9 Å². The van der Waals surface area contributed by atoms with Crippen molar-refractivity contribution >= 4 is 23.7 Å². The average Bonchev–Trinajstić information content (AvgIpc) is 2.56. The topological polar surface area (TPSA) is 52.9 Å². The summed E-state index contributed by atoms with van der Waals surface area (Å²) in [5.74, 6) is -0.896. The van der Waals surface area contributed by atoms with Gasteiger partial charge in [-0.15, -0.1) is 0 Å². The number of aryl methyl sites for hydroxylation is 1. The molecule has 4 heteroatoms. The van der Waals surface area contributed by atoms with Crippen LogP contribution in [0, 0.1) is 0 Å². The van der Waals surface area contributed by atoms with E-state index in [1.54, 1.807) is 18.5 Å². The number of aliphatic imine (C=N–C) groups is 1. The molecule has 0 saturated heterocycles. The maximum absolute atomic E-state index is 11.1. The molecule has 0 aliphatic rings. The molecular formula is C18H20N2O2. The first-order valence-electron chi connectivity index (χ1n) is 7.37. The minimum Gasteiger partial charge on any atom is -0.478 e. The molecule has 22 heavy (non-hydrogen) atoms. The van der Waals surface area contributed by atoms with Crippen molar-refractivity contribution in [1.29, 1.82) is 0 Å². The van der Waals surface area contributed by atoms with Gasteiger partial charge in [0, 0.05) is 12.2 Å². The quantitative estimate of drug-likeness (QED) is 0.644. The Bertz CT molecular complexity index is 666. The predicted octanol–water partition coefficient (Wildman–Crippen LogP) is 4.13. The average molecular weight is 296 g/mol. The lowest BCUT2D eigenvalue weighted by Gasteiger charge is -2.17. The highest BCUT2D eigenvalue weighted by molar-refractivity contribution is 5.90. The van der Waals surface area contributed by atoms with Gasteiger partial charge in [-0.2, -0.15) is 0 Å². The lowest BCUT2D eigenvalue weighted by molar-refractivity contribution is 0.0696. The summed E-state index contributed by atoms with van der Waals surface area (Å²) in [5.41, 5.74) is 2.98. The third-order valence-corrected chi connectivity index (χ3v) is 3.47. The number of nitrogens with zero attached hydrogens (tertiary/aromatic N) is 2. The molecule has 0 heterocycles. The second-order valence-electron chi connectivity index (χ2n) is 4.87. The standard InChI is InChI=1S/C18H20N2O2/c1-3-14-12-15(10-11-17(14)18(21)22)19-13-20(4-2)16-8-6-5-7-9-16/h5-13H,3-4H2,1-2H3,(H,21,22)/b19-13+. The minimum absolute atomic E-state index is 0.344. The Morgan fingerprint density at radius 2 is 1.91 bits per heavy atom. The first-order valence-corrected chi connectivity index (χ1v) is 7.37. The van der Waals surface area contributed by atoms with Gasteiger partial charge in [-0.25, -0.2) is 9.79 Å². The molecule has 0 saturated carbocycles. The summed E-state index contributed by atoms with van der Waals surface area (Å²) < 4.78 is 0. The van der Waals surface area contributed by atoms with Gasteiger partial charge in [-0.3, -0.25) is 0 Å². The molecule has 0 aliphatic carbocycles. The number of rotatable bonds is 6. The molecule has 0 fully saturated rings. The Morgan fingerprint density at radius 3 is 2.50 bits per heavy atom. The van der Waals surface area contributed by atoms with Crippen LogP contribution < -0.4 is 4.90 Å². The van der Waals surface area contributed by atoms with Crippen molar-refractivity contribution in [1.82, 2.24) is 0 Å². The van der Waals surface area contributed by atoms with Crippen LogP contribution in [0.3, 0.4) is 0 Å². The van der Waals surface area contributed by atoms with Crippen molar-refractivity contribution in [3.05, 3.63) is 59.7 Å². The number of para-hydroxylation sites is 1. The zero-order valence-corrected chi connectivity index (χ0v) is 12.9. The Hall–Kier alpha value is -2.62. The molecule has 0 radical (unpaired) electrons. The van der Waals surface area contributed by atoms with E-state index in [0.29, 0.717) is 12.0 Å². The van der Waals surface area contributed by atoms with E-state index >= 15 is 0 Å². The second kappa shape index (κ2) is 7.41. The summed E-state index contributed by atoms with van der Waals surface area (Å²) >= 11 is 0. The number of carbonyl (C=O) groups is 1. The van der Waals surface area contributed by atoms with Gasteiger partial charge in [-0.1, -0.05) is 25.1 Å². The summed E-state index contributed by atoms with van der Waals surface area (Å²) in [4.78, 5) is 17.7. The van der Waals surface area contributed by atoms with Crippen LogP contribution in [-0.2, 0) is 6.42 Å². The normalized spacial score (nSPS) is 10.8. The van der Waals surface area contributed by atoms with Gasteiger partial charge in [0.15, 0.2) is 0 Å². The SMILES string of the molecule is CCc1cc(/N=C/N(CC)c2ccccc2)ccc1C(=O)O. The summed E-state index contributed by atoms with van der Waals surface area (Å²) in [7, 11) is 0. The Labute approximate surface area is 130 Å². The van der Waals surface area contributed by atoms with E-state index in [1.807, 2.05) is 48.2 Å². The van der Waals surface area contributed by atoms with Crippen molar-refractivity contribution in [3.63, 3.8) is 0 Å². The van der Waals surface area contributed by atoms with E-state index in [1.165, 1.54) is 0 Å². The molecule has 0 aromatic heterocycles. The van der Waals surface area contributed by atoms with Crippen LogP contribution in [0.5, 0.6) is 0 Å². The van der Waals surface area contributed by atoms with E-state index in [4.69, 9.17) is 5.11 Å². The highest BCUT2D eigenvalue weighted by Gasteiger charge is 2.09. The first-order chi connectivity index (χ1) is 10.7. The Kier molecular flexibility index (Phi) is 5.31. The van der Waals surface area contributed by atoms with E-state index < -0.39 is 5.97 Å². The second-order valence-corrected chi connectivity index (χ2v) is 4.87. The van der Waals surface area contributed by atoms with Crippen LogP contribution in [0.2, 0.25) is 0 Å². The fourth-order valence-electron chi connectivity index (χ4n) is 2.25. The molecule has 1 N–H and O–H groups in total. The van der Waals surface area contributed by atoms with Crippen molar-refractivity contribution < 1.29 is 9.90 Å². The molecule has 0 unspecified atom stereocenters. The molecule has 4 nitrogen and oxygen atoms in total. The monoisotopic (exact) mass is 296 g/mol. The van der Waals surface area contributed by atoms with Crippen LogP contribution in [0.15, 0.2) is 53.5 Å². The van der Waals surface area contributed by atoms with Gasteiger partial charge in [0.1, 0.15) is 0 Å². The van der Waals surface area contributed by atoms with Crippen LogP contribution in [-0.4, -0.2) is 24.0 Å². The number of hydrogen-bond donors (Lipinski definition) is 1. The maximum atomic E-state index is 11.1. The summed E-state index contributed by atoms with van der Waals surface area (Å²) in [6.07, 6.45) is 2.45. The fraction of sp³-hybridized carbons (Fsp3) is 0.222. The number of anilines is 1. The predicted molar refractivity (Wildman–Crippen MR) is 90.4 cm³/mol. The first kappa shape index (κ1) is 15.8. The van der Waals surface area contributed by atoms with Crippen molar-refractivity contribution in [3.8, 4) is 0 Å². The van der Waals surface area contributed by atoms with Crippen molar-refractivity contribution in [2.24, 2.45) is 4.99 Å². The molecule has 0 bridgehead atoms. The molecule has 0 atom stereocenters. The van der Waals surface area contributed by atoms with Crippen LogP contribution in [0.1, 0.15) is 29.8 Å². The van der Waals surface area contributed by atoms with Gasteiger partial charge >= 0.3 is 5.97 Å². The van der Waals surface area contributed by atoms with E-state index in [0.717, 1.165) is 23.5 Å². The summed E-state index contributed by atoms with van der Waals surface area (Å²) in [6, 6.07) is 15.2. The zero-order chi connectivity index (χ0) is 15.9. The molecule has 114 valence electrons. The van der Waals surface area contributed by atoms with Gasteiger partial charge < -0.3 is 10.0 Å². The molecule has 0 aliphatic heterocycles. The molecule has 2 rings (SSSR count). The van der Waals surface area contributed by atoms with Gasteiger partial charge in [0.05, 0.1) is 17.6 Å². The smallest absolute Gasteiger partial charge is 0.335 e. The van der Waals surface area contributed by atoms with Crippen LogP contribution in [0.4, 0.5) is 11.4 Å². The minimum atomic E-state index is -0.896. The molecule has 2 aromatic carbocycles. The van der Waals surface area contributed by atoms with Gasteiger partial charge in [0.25, 0.3) is 0 Å². The molecule has 0 spiro atoms. The highest BCUT2D eigenvalue weighted by atomic mass is 16.4. The molecular weight excluding hydrogens is 276 g/mol. The van der Waals surface area contributed by atoms with Crippen molar-refractivity contribution in [2.45, 2.75) is 20.3 Å². The number of aromatic carboxylic acids is 1. The zero-order valence-electron chi connectivity index (χ0n) is 12.9. The van der Waals surface area contributed by atoms with Gasteiger partial charge in [-0.05, 0) is 49.2 Å². The van der Waals surface area contributed by atoms with E-state index in [-0.39, 0.29) is 0 Å². The van der Waals surface area contributed by atoms with Crippen LogP contribution >= 0.6 is 0 Å². The van der Waals surface area contributed by atoms with Crippen molar-refractivity contribution in [2.75, 3.05) is 11.4 Å². The lowest BCUT2D eigenvalue weighted by Crippen LogP contribution is -2.19. The number of benzene rings is 2. The summed E-state index contributed by atoms with van der Waals surface area (Å²) in [5, 5.41) is 9.15. The maximum Gasteiger partial charge on any atom is 0.335 e. The third kappa shape index (κ3) is 3.73. The fourth-order valence-corrected chi connectivity index (χ4v) is 2.25. The van der Waals surface area contributed by atoms with Gasteiger partial charge in [0.2, 0.25) is 0 Å². The largest absolute Gasteiger partial charge is 0.478 e. The Balaban J connectivity index is 2.24. The number of hydrogen-bond acceptors (Lipinski definition) is 2. The summed E-state index contributed by atoms with van der Waals surface area (Å²) in [6.45, 7) is 4.81. The van der Waals surface area contributed by atoms with Crippen LogP contribution in [0.25, 0.3) is 0 Å². The highest BCUT2D eigenvalue weighted by Crippen LogP contribution is 2.20. The molecule has 0 amide bonds. The number of carboxylic acids is 1. The Morgan fingerprint density at radius 1 is 1.18 bits per heavy atom. The number of carboxylic acid groups (broad SMARTS) is 1. The lowest BCUT2D eigenvalue weighted by atomic mass is 10.0. The van der Waals surface area contributed by atoms with E-state index in [9.17, 15) is 4.79 Å².